The molecule has 2 aromatic carbocycles. The molecule has 0 saturated carbocycles. The monoisotopic (exact) mass is 494 g/mol. The fraction of sp³-hybridized carbons (Fsp3) is 0.483. The zero-order valence-corrected chi connectivity index (χ0v) is 22.7. The molecule has 1 aliphatic carbocycles. The van der Waals surface area contributed by atoms with Crippen LogP contribution in [0.5, 0.6) is 0 Å². The van der Waals surface area contributed by atoms with Gasteiger partial charge < -0.3 is 18.6 Å². The van der Waals surface area contributed by atoms with E-state index in [4.69, 9.17) is 18.6 Å². The lowest BCUT2D eigenvalue weighted by molar-refractivity contribution is -0.182. The molecule has 35 heavy (non-hydrogen) atoms. The second kappa shape index (κ2) is 10.0. The number of esters is 1. The highest BCUT2D eigenvalue weighted by Crippen LogP contribution is 2.44. The van der Waals surface area contributed by atoms with E-state index in [9.17, 15) is 4.79 Å². The second-order valence-corrected chi connectivity index (χ2v) is 14.7. The molecule has 0 radical (unpaired) electrons. The Morgan fingerprint density at radius 3 is 1.97 bits per heavy atom. The van der Waals surface area contributed by atoms with Crippen molar-refractivity contribution in [3.63, 3.8) is 0 Å². The molecule has 0 unspecified atom stereocenters. The number of carbonyl (C=O) groups is 1. The normalized spacial score (nSPS) is 23.9. The summed E-state index contributed by atoms with van der Waals surface area (Å²) in [6.45, 7) is 10.9. The smallest absolute Gasteiger partial charge is 0.333 e. The topological polar surface area (TPSA) is 54.0 Å². The zero-order valence-electron chi connectivity index (χ0n) is 21.7. The number of rotatable bonds is 7. The molecule has 1 heterocycles. The van der Waals surface area contributed by atoms with Gasteiger partial charge >= 0.3 is 5.97 Å². The Kier molecular flexibility index (Phi) is 7.39. The maximum Gasteiger partial charge on any atom is 0.333 e. The van der Waals surface area contributed by atoms with Gasteiger partial charge in [-0.05, 0) is 34.3 Å². The van der Waals surface area contributed by atoms with E-state index in [-0.39, 0.29) is 23.2 Å². The van der Waals surface area contributed by atoms with E-state index in [1.807, 2.05) is 18.2 Å². The fourth-order valence-electron chi connectivity index (χ4n) is 5.57. The van der Waals surface area contributed by atoms with E-state index in [1.165, 1.54) is 17.5 Å². The number of hydrogen-bond acceptors (Lipinski definition) is 5. The molecule has 1 aliphatic heterocycles. The van der Waals surface area contributed by atoms with E-state index in [1.54, 1.807) is 0 Å². The molecule has 6 heteroatoms. The first-order valence-electron chi connectivity index (χ1n) is 12.6. The summed E-state index contributed by atoms with van der Waals surface area (Å²) >= 11 is 0. The Bertz CT molecular complexity index is 1000. The highest BCUT2D eigenvalue weighted by molar-refractivity contribution is 6.99. The van der Waals surface area contributed by atoms with Gasteiger partial charge in [0.25, 0.3) is 8.32 Å². The van der Waals surface area contributed by atoms with Gasteiger partial charge in [-0.1, -0.05) is 95.3 Å². The molecule has 2 aromatic rings. The Morgan fingerprint density at radius 1 is 0.971 bits per heavy atom. The summed E-state index contributed by atoms with van der Waals surface area (Å²) < 4.78 is 25.6. The zero-order chi connectivity index (χ0) is 25.3. The molecule has 0 aromatic heterocycles. The van der Waals surface area contributed by atoms with Gasteiger partial charge in [-0.15, -0.1) is 0 Å². The summed E-state index contributed by atoms with van der Waals surface area (Å²) in [6, 6.07) is 21.0. The number of fused-ring (bicyclic) bond motifs is 1. The molecule has 2 aliphatic rings. The van der Waals surface area contributed by atoms with Gasteiger partial charge in [-0.2, -0.15) is 0 Å². The standard InChI is InChI=1S/C29H38O5Si/c1-7-29(8-2)32-24-19-21(27(30)31-6)20-25(26(24)33-29)34-35(28(3,4)5,22-15-11-9-12-16-22)23-17-13-10-14-18-23/h9-18,20,24-26H,7-8,19H2,1-6H3/t24-,25+,26-/m1/s1. The Labute approximate surface area is 210 Å². The molecule has 0 spiro atoms. The van der Waals surface area contributed by atoms with Crippen molar-refractivity contribution in [2.24, 2.45) is 0 Å². The SMILES string of the molecule is CCC1(CC)O[C@H]2[C@@H](O[Si](c3ccccc3)(c3ccccc3)C(C)(C)C)C=C(C(=O)OC)C[C@H]2O1. The van der Waals surface area contributed by atoms with E-state index < -0.39 is 20.2 Å². The van der Waals surface area contributed by atoms with Crippen LogP contribution in [0.2, 0.25) is 5.04 Å². The van der Waals surface area contributed by atoms with Crippen LogP contribution in [0.25, 0.3) is 0 Å². The number of methoxy groups -OCH3 is 1. The number of ether oxygens (including phenoxy) is 3. The van der Waals surface area contributed by atoms with Crippen molar-refractivity contribution in [2.75, 3.05) is 7.11 Å². The van der Waals surface area contributed by atoms with E-state index >= 15 is 0 Å². The first-order valence-corrected chi connectivity index (χ1v) is 14.5. The van der Waals surface area contributed by atoms with Gasteiger partial charge in [0.2, 0.25) is 0 Å². The summed E-state index contributed by atoms with van der Waals surface area (Å²) in [5, 5.41) is 2.17. The average molecular weight is 495 g/mol. The summed E-state index contributed by atoms with van der Waals surface area (Å²) in [6.07, 6.45) is 2.83. The molecule has 1 fully saturated rings. The molecule has 188 valence electrons. The van der Waals surface area contributed by atoms with Crippen molar-refractivity contribution in [3.8, 4) is 0 Å². The van der Waals surface area contributed by atoms with Crippen LogP contribution >= 0.6 is 0 Å². The van der Waals surface area contributed by atoms with Crippen molar-refractivity contribution in [1.82, 2.24) is 0 Å². The minimum atomic E-state index is -2.87. The molecule has 0 bridgehead atoms. The highest BCUT2D eigenvalue weighted by atomic mass is 28.4. The average Bonchev–Trinajstić information content (AvgIpc) is 3.26. The molecule has 0 amide bonds. The minimum Gasteiger partial charge on any atom is -0.466 e. The van der Waals surface area contributed by atoms with Crippen LogP contribution in [0.4, 0.5) is 0 Å². The van der Waals surface area contributed by atoms with Gasteiger partial charge in [0.15, 0.2) is 5.79 Å². The molecule has 3 atom stereocenters. The van der Waals surface area contributed by atoms with Crippen LogP contribution in [0.15, 0.2) is 72.3 Å². The number of hydrogen-bond donors (Lipinski definition) is 0. The summed E-state index contributed by atoms with van der Waals surface area (Å²) in [7, 11) is -1.45. The Morgan fingerprint density at radius 2 is 1.51 bits per heavy atom. The molecular weight excluding hydrogens is 456 g/mol. The fourth-order valence-corrected chi connectivity index (χ4v) is 10.2. The van der Waals surface area contributed by atoms with Gasteiger partial charge in [-0.25, -0.2) is 4.79 Å². The lowest BCUT2D eigenvalue weighted by Crippen LogP contribution is -2.68. The van der Waals surface area contributed by atoms with Crippen molar-refractivity contribution in [2.45, 2.75) is 83.0 Å². The molecular formula is C29H38O5Si. The summed E-state index contributed by atoms with van der Waals surface area (Å²) in [4.78, 5) is 12.7. The maximum absolute atomic E-state index is 12.7. The van der Waals surface area contributed by atoms with Crippen molar-refractivity contribution in [1.29, 1.82) is 0 Å². The third-order valence-corrected chi connectivity index (χ3v) is 12.5. The largest absolute Gasteiger partial charge is 0.466 e. The van der Waals surface area contributed by atoms with Crippen molar-refractivity contribution >= 4 is 24.7 Å². The molecule has 1 saturated heterocycles. The number of benzene rings is 2. The Hall–Kier alpha value is -2.25. The van der Waals surface area contributed by atoms with Gasteiger partial charge in [0.1, 0.15) is 6.10 Å². The van der Waals surface area contributed by atoms with Crippen molar-refractivity contribution in [3.05, 3.63) is 72.3 Å². The van der Waals surface area contributed by atoms with Gasteiger partial charge in [0.05, 0.1) is 19.3 Å². The quantitative estimate of drug-likeness (QED) is 0.411. The third kappa shape index (κ3) is 4.65. The van der Waals surface area contributed by atoms with Crippen LogP contribution in [0.3, 0.4) is 0 Å². The number of carbonyl (C=O) groups excluding carboxylic acids is 1. The van der Waals surface area contributed by atoms with E-state index in [0.29, 0.717) is 12.0 Å². The van der Waals surface area contributed by atoms with Crippen LogP contribution in [0.1, 0.15) is 53.9 Å². The summed E-state index contributed by atoms with van der Waals surface area (Å²) in [5.41, 5.74) is 0.586. The van der Waals surface area contributed by atoms with Gasteiger partial charge in [-0.3, -0.25) is 0 Å². The molecule has 5 nitrogen and oxygen atoms in total. The third-order valence-electron chi connectivity index (χ3n) is 7.45. The lowest BCUT2D eigenvalue weighted by Gasteiger charge is -2.46. The van der Waals surface area contributed by atoms with E-state index in [2.05, 4.69) is 83.1 Å². The van der Waals surface area contributed by atoms with E-state index in [0.717, 1.165) is 12.8 Å². The van der Waals surface area contributed by atoms with Crippen LogP contribution < -0.4 is 10.4 Å². The molecule has 4 rings (SSSR count). The van der Waals surface area contributed by atoms with Crippen LogP contribution in [-0.4, -0.2) is 45.5 Å². The van der Waals surface area contributed by atoms with Crippen LogP contribution in [0, 0.1) is 0 Å². The Balaban J connectivity index is 1.88. The first-order chi connectivity index (χ1) is 16.7. The predicted octanol–water partition coefficient (Wildman–Crippen LogP) is 4.74. The minimum absolute atomic E-state index is 0.200. The van der Waals surface area contributed by atoms with Gasteiger partial charge in [0, 0.05) is 12.0 Å². The predicted molar refractivity (Wildman–Crippen MR) is 140 cm³/mol. The van der Waals surface area contributed by atoms with Crippen LogP contribution in [-0.2, 0) is 23.4 Å². The van der Waals surface area contributed by atoms with Crippen molar-refractivity contribution < 1.29 is 23.4 Å². The lowest BCUT2D eigenvalue weighted by atomic mass is 9.92. The summed E-state index contributed by atoms with van der Waals surface area (Å²) in [5.74, 6) is -1.00. The highest BCUT2D eigenvalue weighted by Gasteiger charge is 2.56. The molecule has 0 N–H and O–H groups in total. The second-order valence-electron chi connectivity index (χ2n) is 10.5. The first kappa shape index (κ1) is 25.8. The maximum atomic E-state index is 12.7.